The maximum atomic E-state index is 11.3. The first kappa shape index (κ1) is 14.4. The zero-order chi connectivity index (χ0) is 14.8. The molecule has 1 aliphatic heterocycles. The van der Waals surface area contributed by atoms with E-state index in [1.807, 2.05) is 29.2 Å². The second-order valence-electron chi connectivity index (χ2n) is 5.62. The van der Waals surface area contributed by atoms with Gasteiger partial charge in [-0.25, -0.2) is 0 Å². The van der Waals surface area contributed by atoms with Crippen molar-refractivity contribution in [2.24, 2.45) is 0 Å². The minimum absolute atomic E-state index is 0.173. The highest BCUT2D eigenvalue weighted by Crippen LogP contribution is 2.27. The Morgan fingerprint density at radius 1 is 1.38 bits per heavy atom. The number of aromatic nitrogens is 1. The Hall–Kier alpha value is -1.52. The standard InChI is InChI=1S/C16H20ClN3O/c1-11(21)20-8-6-12(7-9-20)18-10-15-16(17)13-4-2-3-5-14(13)19-15/h2-5,12,18-19H,6-10H2,1H3. The zero-order valence-electron chi connectivity index (χ0n) is 12.2. The summed E-state index contributed by atoms with van der Waals surface area (Å²) in [6, 6.07) is 8.52. The van der Waals surface area contributed by atoms with Crippen LogP contribution in [0, 0.1) is 0 Å². The molecule has 4 nitrogen and oxygen atoms in total. The summed E-state index contributed by atoms with van der Waals surface area (Å²) in [6.07, 6.45) is 1.99. The highest BCUT2D eigenvalue weighted by Gasteiger charge is 2.20. The number of likely N-dealkylation sites (tertiary alicyclic amines) is 1. The molecule has 0 atom stereocenters. The average molecular weight is 306 g/mol. The predicted octanol–water partition coefficient (Wildman–Crippen LogP) is 2.92. The highest BCUT2D eigenvalue weighted by atomic mass is 35.5. The van der Waals surface area contributed by atoms with Crippen molar-refractivity contribution in [3.8, 4) is 0 Å². The van der Waals surface area contributed by atoms with Crippen LogP contribution in [0.1, 0.15) is 25.5 Å². The number of amides is 1. The number of benzene rings is 1. The third-order valence-electron chi connectivity index (χ3n) is 4.22. The molecule has 5 heteroatoms. The van der Waals surface area contributed by atoms with E-state index in [1.54, 1.807) is 6.92 Å². The van der Waals surface area contributed by atoms with Gasteiger partial charge in [0.1, 0.15) is 0 Å². The van der Waals surface area contributed by atoms with Crippen LogP contribution in [-0.2, 0) is 11.3 Å². The number of carbonyl (C=O) groups excluding carboxylic acids is 1. The quantitative estimate of drug-likeness (QED) is 0.916. The number of halogens is 1. The van der Waals surface area contributed by atoms with Crippen LogP contribution < -0.4 is 5.32 Å². The lowest BCUT2D eigenvalue weighted by molar-refractivity contribution is -0.129. The van der Waals surface area contributed by atoms with Crippen LogP contribution in [0.2, 0.25) is 5.02 Å². The largest absolute Gasteiger partial charge is 0.356 e. The molecule has 1 aromatic heterocycles. The molecule has 1 aromatic carbocycles. The molecule has 0 spiro atoms. The van der Waals surface area contributed by atoms with E-state index >= 15 is 0 Å². The highest BCUT2D eigenvalue weighted by molar-refractivity contribution is 6.36. The van der Waals surface area contributed by atoms with Gasteiger partial charge in [0.05, 0.1) is 5.02 Å². The minimum atomic E-state index is 0.173. The topological polar surface area (TPSA) is 48.1 Å². The number of aromatic amines is 1. The number of nitrogens with zero attached hydrogens (tertiary/aromatic N) is 1. The predicted molar refractivity (Wildman–Crippen MR) is 85.4 cm³/mol. The maximum absolute atomic E-state index is 11.3. The van der Waals surface area contributed by atoms with E-state index in [9.17, 15) is 4.79 Å². The van der Waals surface area contributed by atoms with E-state index in [0.29, 0.717) is 6.04 Å². The van der Waals surface area contributed by atoms with Crippen LogP contribution in [0.5, 0.6) is 0 Å². The van der Waals surface area contributed by atoms with E-state index in [1.165, 1.54) is 0 Å². The second-order valence-corrected chi connectivity index (χ2v) is 6.00. The molecule has 1 amide bonds. The van der Waals surface area contributed by atoms with Crippen molar-refractivity contribution in [2.75, 3.05) is 13.1 Å². The molecule has 0 unspecified atom stereocenters. The minimum Gasteiger partial charge on any atom is -0.356 e. The number of H-pyrrole nitrogens is 1. The monoisotopic (exact) mass is 305 g/mol. The Balaban J connectivity index is 1.60. The fourth-order valence-electron chi connectivity index (χ4n) is 2.93. The van der Waals surface area contributed by atoms with Gasteiger partial charge < -0.3 is 15.2 Å². The molecular formula is C16H20ClN3O. The van der Waals surface area contributed by atoms with Gasteiger partial charge in [0.25, 0.3) is 0 Å². The van der Waals surface area contributed by atoms with Gasteiger partial charge in [-0.1, -0.05) is 29.8 Å². The summed E-state index contributed by atoms with van der Waals surface area (Å²) in [5, 5.41) is 5.42. The van der Waals surface area contributed by atoms with Crippen molar-refractivity contribution in [3.05, 3.63) is 35.0 Å². The molecule has 0 bridgehead atoms. The van der Waals surface area contributed by atoms with E-state index in [2.05, 4.69) is 10.3 Å². The van der Waals surface area contributed by atoms with Crippen molar-refractivity contribution in [1.82, 2.24) is 15.2 Å². The van der Waals surface area contributed by atoms with Gasteiger partial charge in [0.2, 0.25) is 5.91 Å². The van der Waals surface area contributed by atoms with Crippen molar-refractivity contribution in [1.29, 1.82) is 0 Å². The molecule has 3 rings (SSSR count). The third kappa shape index (κ3) is 3.06. The van der Waals surface area contributed by atoms with E-state index in [-0.39, 0.29) is 5.91 Å². The van der Waals surface area contributed by atoms with Crippen LogP contribution in [-0.4, -0.2) is 34.9 Å². The Morgan fingerprint density at radius 2 is 2.10 bits per heavy atom. The summed E-state index contributed by atoms with van der Waals surface area (Å²) in [5.74, 6) is 0.173. The molecule has 2 heterocycles. The SMILES string of the molecule is CC(=O)N1CCC(NCc2[nH]c3ccccc3c2Cl)CC1. The zero-order valence-corrected chi connectivity index (χ0v) is 12.9. The van der Waals surface area contributed by atoms with Crippen molar-refractivity contribution >= 4 is 28.4 Å². The number of hydrogen-bond acceptors (Lipinski definition) is 2. The molecule has 21 heavy (non-hydrogen) atoms. The molecule has 1 aliphatic rings. The maximum Gasteiger partial charge on any atom is 0.219 e. The Morgan fingerprint density at radius 3 is 2.76 bits per heavy atom. The molecule has 1 saturated heterocycles. The van der Waals surface area contributed by atoms with Crippen LogP contribution >= 0.6 is 11.6 Å². The summed E-state index contributed by atoms with van der Waals surface area (Å²) in [4.78, 5) is 16.6. The van der Waals surface area contributed by atoms with Crippen LogP contribution in [0.15, 0.2) is 24.3 Å². The van der Waals surface area contributed by atoms with Gasteiger partial charge >= 0.3 is 0 Å². The molecule has 112 valence electrons. The lowest BCUT2D eigenvalue weighted by Gasteiger charge is -2.31. The molecule has 1 fully saturated rings. The van der Waals surface area contributed by atoms with Gasteiger partial charge in [0.15, 0.2) is 0 Å². The first-order valence-electron chi connectivity index (χ1n) is 7.39. The normalized spacial score (nSPS) is 16.6. The van der Waals surface area contributed by atoms with Gasteiger partial charge in [-0.15, -0.1) is 0 Å². The summed E-state index contributed by atoms with van der Waals surface area (Å²) >= 11 is 6.42. The van der Waals surface area contributed by atoms with E-state index < -0.39 is 0 Å². The smallest absolute Gasteiger partial charge is 0.219 e. The van der Waals surface area contributed by atoms with Crippen molar-refractivity contribution in [2.45, 2.75) is 32.4 Å². The van der Waals surface area contributed by atoms with Crippen LogP contribution in [0.25, 0.3) is 10.9 Å². The second kappa shape index (κ2) is 6.08. The lowest BCUT2D eigenvalue weighted by atomic mass is 10.0. The first-order chi connectivity index (χ1) is 10.1. The molecule has 0 radical (unpaired) electrons. The summed E-state index contributed by atoms with van der Waals surface area (Å²) in [7, 11) is 0. The number of rotatable bonds is 3. The number of carbonyl (C=O) groups is 1. The number of para-hydroxylation sites is 1. The fraction of sp³-hybridized carbons (Fsp3) is 0.438. The third-order valence-corrected chi connectivity index (χ3v) is 4.65. The number of piperidine rings is 1. The van der Waals surface area contributed by atoms with Crippen LogP contribution in [0.4, 0.5) is 0 Å². The van der Waals surface area contributed by atoms with Gasteiger partial charge in [-0.3, -0.25) is 4.79 Å². The van der Waals surface area contributed by atoms with Gasteiger partial charge in [-0.05, 0) is 18.9 Å². The Labute approximate surface area is 129 Å². The molecule has 0 aliphatic carbocycles. The van der Waals surface area contributed by atoms with Crippen molar-refractivity contribution in [3.63, 3.8) is 0 Å². The number of hydrogen-bond donors (Lipinski definition) is 2. The number of fused-ring (bicyclic) bond motifs is 1. The molecule has 0 saturated carbocycles. The Kier molecular flexibility index (Phi) is 4.17. The first-order valence-corrected chi connectivity index (χ1v) is 7.77. The van der Waals surface area contributed by atoms with Gasteiger partial charge in [0, 0.05) is 49.2 Å². The Bertz CT molecular complexity index is 644. The van der Waals surface area contributed by atoms with E-state index in [0.717, 1.165) is 54.1 Å². The molecular weight excluding hydrogens is 286 g/mol. The summed E-state index contributed by atoms with van der Waals surface area (Å²) in [5.41, 5.74) is 2.11. The fourth-order valence-corrected chi connectivity index (χ4v) is 3.21. The summed E-state index contributed by atoms with van der Waals surface area (Å²) < 4.78 is 0. The molecule has 2 aromatic rings. The lowest BCUT2D eigenvalue weighted by Crippen LogP contribution is -2.44. The number of nitrogens with one attached hydrogen (secondary N) is 2. The molecule has 2 N–H and O–H groups in total. The van der Waals surface area contributed by atoms with Crippen molar-refractivity contribution < 1.29 is 4.79 Å². The van der Waals surface area contributed by atoms with Crippen LogP contribution in [0.3, 0.4) is 0 Å². The van der Waals surface area contributed by atoms with E-state index in [4.69, 9.17) is 11.6 Å². The summed E-state index contributed by atoms with van der Waals surface area (Å²) in [6.45, 7) is 4.05. The van der Waals surface area contributed by atoms with Gasteiger partial charge in [-0.2, -0.15) is 0 Å². The average Bonchev–Trinajstić information content (AvgIpc) is 2.82.